The molecule has 0 saturated carbocycles. The zero-order chi connectivity index (χ0) is 14.8. The zero-order valence-electron chi connectivity index (χ0n) is 11.7. The molecule has 3 aliphatic rings. The van der Waals surface area contributed by atoms with E-state index in [1.54, 1.807) is 4.90 Å². The number of ketones is 1. The standard InChI is InChI=1S/C18H12N2O2/c21-15-10-20-17-16(15)12-6-2-1-5-11(12)9-19(17)14-8-4-3-7-13(14)18(20)22/h1-8H,9-10H2. The lowest BCUT2D eigenvalue weighted by molar-refractivity contribution is -0.113. The summed E-state index contributed by atoms with van der Waals surface area (Å²) in [5.41, 5.74) is 4.33. The van der Waals surface area contributed by atoms with Gasteiger partial charge in [-0.15, -0.1) is 0 Å². The molecular formula is C18H12N2O2. The van der Waals surface area contributed by atoms with Crippen LogP contribution in [0.3, 0.4) is 0 Å². The number of rotatable bonds is 0. The average Bonchev–Trinajstić information content (AvgIpc) is 2.91. The van der Waals surface area contributed by atoms with Crippen LogP contribution >= 0.6 is 0 Å². The second-order valence-corrected chi connectivity index (χ2v) is 5.77. The van der Waals surface area contributed by atoms with Crippen LogP contribution in [0.4, 0.5) is 5.69 Å². The van der Waals surface area contributed by atoms with E-state index in [4.69, 9.17) is 0 Å². The van der Waals surface area contributed by atoms with Crippen molar-refractivity contribution in [2.75, 3.05) is 11.4 Å². The molecule has 3 aliphatic heterocycles. The van der Waals surface area contributed by atoms with Crippen molar-refractivity contribution in [2.45, 2.75) is 6.54 Å². The topological polar surface area (TPSA) is 40.6 Å². The van der Waals surface area contributed by atoms with Gasteiger partial charge in [0, 0.05) is 0 Å². The summed E-state index contributed by atoms with van der Waals surface area (Å²) in [5.74, 6) is 0.699. The Morgan fingerprint density at radius 3 is 2.36 bits per heavy atom. The Bertz CT molecular complexity index is 897. The van der Waals surface area contributed by atoms with Gasteiger partial charge in [-0.1, -0.05) is 36.4 Å². The average molecular weight is 288 g/mol. The molecule has 2 aromatic carbocycles. The highest BCUT2D eigenvalue weighted by molar-refractivity contribution is 6.29. The van der Waals surface area contributed by atoms with Crippen LogP contribution in [0.1, 0.15) is 21.5 Å². The Balaban J connectivity index is 1.86. The van der Waals surface area contributed by atoms with E-state index >= 15 is 0 Å². The molecule has 0 saturated heterocycles. The molecule has 4 nitrogen and oxygen atoms in total. The normalized spacial score (nSPS) is 18.4. The third kappa shape index (κ3) is 1.27. The van der Waals surface area contributed by atoms with Gasteiger partial charge in [0.25, 0.3) is 5.91 Å². The van der Waals surface area contributed by atoms with Gasteiger partial charge in [0.05, 0.1) is 29.9 Å². The van der Waals surface area contributed by atoms with E-state index in [9.17, 15) is 9.59 Å². The van der Waals surface area contributed by atoms with Crippen LogP contribution in [0, 0.1) is 0 Å². The van der Waals surface area contributed by atoms with Gasteiger partial charge in [0.2, 0.25) is 0 Å². The molecular weight excluding hydrogens is 276 g/mol. The lowest BCUT2D eigenvalue weighted by Crippen LogP contribution is -2.43. The van der Waals surface area contributed by atoms with Gasteiger partial charge < -0.3 is 4.90 Å². The van der Waals surface area contributed by atoms with E-state index in [-0.39, 0.29) is 18.2 Å². The molecule has 0 spiro atoms. The van der Waals surface area contributed by atoms with Crippen LogP contribution in [0.2, 0.25) is 0 Å². The van der Waals surface area contributed by atoms with Crippen molar-refractivity contribution in [3.8, 4) is 0 Å². The maximum absolute atomic E-state index is 12.7. The van der Waals surface area contributed by atoms with E-state index in [1.807, 2.05) is 48.5 Å². The fraction of sp³-hybridized carbons (Fsp3) is 0.111. The molecule has 0 atom stereocenters. The summed E-state index contributed by atoms with van der Waals surface area (Å²) in [6, 6.07) is 15.5. The van der Waals surface area contributed by atoms with Crippen LogP contribution in [0.25, 0.3) is 5.57 Å². The number of carbonyl (C=O) groups is 2. The minimum absolute atomic E-state index is 0.0216. The van der Waals surface area contributed by atoms with Crippen LogP contribution in [0.5, 0.6) is 0 Å². The third-order valence-corrected chi connectivity index (χ3v) is 4.60. The number of fused-ring (bicyclic) bond motifs is 4. The number of anilines is 1. The molecule has 0 N–H and O–H groups in total. The Morgan fingerprint density at radius 1 is 0.773 bits per heavy atom. The van der Waals surface area contributed by atoms with Gasteiger partial charge in [0.1, 0.15) is 5.82 Å². The molecule has 1 amide bonds. The summed E-state index contributed by atoms with van der Waals surface area (Å²) < 4.78 is 0. The monoisotopic (exact) mass is 288 g/mol. The van der Waals surface area contributed by atoms with Crippen LogP contribution in [-0.4, -0.2) is 23.1 Å². The van der Waals surface area contributed by atoms with Gasteiger partial charge in [-0.2, -0.15) is 0 Å². The number of Topliss-reactive ketones (excluding diaryl/α,β-unsaturated/α-hetero) is 1. The number of hydrogen-bond acceptors (Lipinski definition) is 3. The van der Waals surface area contributed by atoms with Crippen LogP contribution in [0.15, 0.2) is 54.4 Å². The summed E-state index contributed by atoms with van der Waals surface area (Å²) in [6.07, 6.45) is 0. The van der Waals surface area contributed by atoms with E-state index in [0.717, 1.165) is 22.6 Å². The Morgan fingerprint density at radius 2 is 1.50 bits per heavy atom. The molecule has 5 rings (SSSR count). The summed E-state index contributed by atoms with van der Waals surface area (Å²) >= 11 is 0. The molecule has 0 radical (unpaired) electrons. The van der Waals surface area contributed by atoms with Crippen molar-refractivity contribution in [3.63, 3.8) is 0 Å². The Kier molecular flexibility index (Phi) is 2.06. The maximum atomic E-state index is 12.7. The molecule has 0 fully saturated rings. The molecule has 0 bridgehead atoms. The van der Waals surface area contributed by atoms with E-state index in [1.165, 1.54) is 0 Å². The highest BCUT2D eigenvalue weighted by Crippen LogP contribution is 2.45. The number of hydrogen-bond donors (Lipinski definition) is 0. The first-order valence-electron chi connectivity index (χ1n) is 7.30. The highest BCUT2D eigenvalue weighted by atomic mass is 16.2. The molecule has 2 aromatic rings. The SMILES string of the molecule is O=C1CN2C(=O)c3ccccc3N3Cc4ccccc4C1=C23. The van der Waals surface area contributed by atoms with E-state index in [0.29, 0.717) is 17.7 Å². The Labute approximate surface area is 127 Å². The van der Waals surface area contributed by atoms with Crippen molar-refractivity contribution < 1.29 is 9.59 Å². The van der Waals surface area contributed by atoms with Crippen molar-refractivity contribution in [3.05, 3.63) is 71.0 Å². The number of amides is 1. The minimum atomic E-state index is -0.0791. The van der Waals surface area contributed by atoms with Gasteiger partial charge >= 0.3 is 0 Å². The van der Waals surface area contributed by atoms with Crippen molar-refractivity contribution >= 4 is 23.0 Å². The van der Waals surface area contributed by atoms with Gasteiger partial charge in [-0.25, -0.2) is 0 Å². The number of carbonyl (C=O) groups excluding carboxylic acids is 2. The fourth-order valence-corrected chi connectivity index (χ4v) is 3.66. The summed E-state index contributed by atoms with van der Waals surface area (Å²) in [7, 11) is 0. The molecule has 0 unspecified atom stereocenters. The third-order valence-electron chi connectivity index (χ3n) is 4.60. The van der Waals surface area contributed by atoms with Gasteiger partial charge in [-0.05, 0) is 23.3 Å². The Hall–Kier alpha value is -2.88. The molecule has 4 heteroatoms. The second-order valence-electron chi connectivity index (χ2n) is 5.77. The molecule has 106 valence electrons. The smallest absolute Gasteiger partial charge is 0.261 e. The molecule has 0 aromatic heterocycles. The first-order chi connectivity index (χ1) is 10.8. The second kappa shape index (κ2) is 3.85. The summed E-state index contributed by atoms with van der Waals surface area (Å²) in [4.78, 5) is 28.9. The van der Waals surface area contributed by atoms with Gasteiger partial charge in [-0.3, -0.25) is 14.5 Å². The lowest BCUT2D eigenvalue weighted by Gasteiger charge is -2.40. The van der Waals surface area contributed by atoms with Crippen molar-refractivity contribution in [2.24, 2.45) is 0 Å². The van der Waals surface area contributed by atoms with E-state index in [2.05, 4.69) is 4.90 Å². The van der Waals surface area contributed by atoms with E-state index < -0.39 is 0 Å². The molecule has 3 heterocycles. The minimum Gasteiger partial charge on any atom is -0.322 e. The maximum Gasteiger partial charge on any atom is 0.261 e. The van der Waals surface area contributed by atoms with Crippen molar-refractivity contribution in [1.29, 1.82) is 0 Å². The first kappa shape index (κ1) is 11.7. The predicted molar refractivity (Wildman–Crippen MR) is 82.0 cm³/mol. The summed E-state index contributed by atoms with van der Waals surface area (Å²) in [6.45, 7) is 0.825. The zero-order valence-corrected chi connectivity index (χ0v) is 11.7. The highest BCUT2D eigenvalue weighted by Gasteiger charge is 2.45. The fourth-order valence-electron chi connectivity index (χ4n) is 3.66. The number of nitrogens with zero attached hydrogens (tertiary/aromatic N) is 2. The number of benzene rings is 2. The lowest BCUT2D eigenvalue weighted by atomic mass is 9.93. The quantitative estimate of drug-likeness (QED) is 0.747. The first-order valence-corrected chi connectivity index (χ1v) is 7.30. The predicted octanol–water partition coefficient (Wildman–Crippen LogP) is 2.41. The molecule has 22 heavy (non-hydrogen) atoms. The van der Waals surface area contributed by atoms with Crippen molar-refractivity contribution in [1.82, 2.24) is 4.90 Å². The van der Waals surface area contributed by atoms with Crippen LogP contribution in [-0.2, 0) is 11.3 Å². The summed E-state index contributed by atoms with van der Waals surface area (Å²) in [5, 5.41) is 0. The van der Waals surface area contributed by atoms with Gasteiger partial charge in [0.15, 0.2) is 5.78 Å². The largest absolute Gasteiger partial charge is 0.322 e. The van der Waals surface area contributed by atoms with Crippen LogP contribution < -0.4 is 4.90 Å². The molecule has 0 aliphatic carbocycles. The number of para-hydroxylation sites is 1.